The quantitative estimate of drug-likeness (QED) is 0.796. The summed E-state index contributed by atoms with van der Waals surface area (Å²) in [4.78, 5) is 12.7. The smallest absolute Gasteiger partial charge is 0.252 e. The minimum atomic E-state index is -3.59. The lowest BCUT2D eigenvalue weighted by Crippen LogP contribution is -2.30. The van der Waals surface area contributed by atoms with Gasteiger partial charge in [-0.3, -0.25) is 4.79 Å². The van der Waals surface area contributed by atoms with E-state index in [9.17, 15) is 13.2 Å². The molecule has 1 atom stereocenters. The van der Waals surface area contributed by atoms with Gasteiger partial charge in [-0.1, -0.05) is 48.9 Å². The number of sulfonamides is 1. The van der Waals surface area contributed by atoms with Gasteiger partial charge in [0.15, 0.2) is 0 Å². The van der Waals surface area contributed by atoms with E-state index >= 15 is 0 Å². The van der Waals surface area contributed by atoms with Gasteiger partial charge in [-0.25, -0.2) is 8.42 Å². The summed E-state index contributed by atoms with van der Waals surface area (Å²) >= 11 is 6.16. The van der Waals surface area contributed by atoms with Crippen LogP contribution in [0.1, 0.15) is 41.6 Å². The third-order valence-electron chi connectivity index (χ3n) is 4.82. The number of halogens is 1. The standard InChI is InChI=1S/C20H23ClN2O3S/c1-15(16-7-3-2-4-8-16)14-22-20(24)18-13-17(9-10-19(18)21)27(25,26)23-11-5-6-12-23/h2-4,7-10,13,15H,5-6,11-12,14H2,1H3,(H,22,24)/t15-/m0/s1. The number of carbonyl (C=O) groups excluding carboxylic acids is 1. The lowest BCUT2D eigenvalue weighted by Gasteiger charge is -2.17. The largest absolute Gasteiger partial charge is 0.351 e. The van der Waals surface area contributed by atoms with E-state index in [1.807, 2.05) is 37.3 Å². The Bertz CT molecular complexity index is 910. The summed E-state index contributed by atoms with van der Waals surface area (Å²) < 4.78 is 26.9. The molecule has 0 saturated carbocycles. The summed E-state index contributed by atoms with van der Waals surface area (Å²) in [6.07, 6.45) is 1.72. The zero-order valence-electron chi connectivity index (χ0n) is 15.2. The highest BCUT2D eigenvalue weighted by atomic mass is 35.5. The molecule has 0 aliphatic carbocycles. The van der Waals surface area contributed by atoms with Crippen LogP contribution in [0.3, 0.4) is 0 Å². The highest BCUT2D eigenvalue weighted by molar-refractivity contribution is 7.89. The normalized spacial score (nSPS) is 16.2. The summed E-state index contributed by atoms with van der Waals surface area (Å²) in [6, 6.07) is 14.2. The van der Waals surface area contributed by atoms with Crippen molar-refractivity contribution in [3.8, 4) is 0 Å². The van der Waals surface area contributed by atoms with Crippen LogP contribution in [0, 0.1) is 0 Å². The lowest BCUT2D eigenvalue weighted by molar-refractivity contribution is 0.0951. The van der Waals surface area contributed by atoms with Crippen molar-refractivity contribution >= 4 is 27.5 Å². The van der Waals surface area contributed by atoms with E-state index in [0.717, 1.165) is 18.4 Å². The van der Waals surface area contributed by atoms with Crippen LogP contribution in [0.25, 0.3) is 0 Å². The molecule has 1 fully saturated rings. The number of benzene rings is 2. The molecule has 2 aromatic rings. The summed E-state index contributed by atoms with van der Waals surface area (Å²) in [6.45, 7) is 3.48. The average Bonchev–Trinajstić information content (AvgIpc) is 3.22. The Hall–Kier alpha value is -1.89. The molecule has 1 amide bonds. The van der Waals surface area contributed by atoms with E-state index in [4.69, 9.17) is 11.6 Å². The number of rotatable bonds is 6. The van der Waals surface area contributed by atoms with Gasteiger partial charge in [0.2, 0.25) is 10.0 Å². The molecule has 1 saturated heterocycles. The van der Waals surface area contributed by atoms with Crippen LogP contribution < -0.4 is 5.32 Å². The maximum atomic E-state index is 12.7. The van der Waals surface area contributed by atoms with Crippen molar-refractivity contribution in [3.05, 3.63) is 64.7 Å². The first-order valence-electron chi connectivity index (χ1n) is 9.02. The van der Waals surface area contributed by atoms with E-state index in [0.29, 0.717) is 19.6 Å². The fourth-order valence-electron chi connectivity index (χ4n) is 3.16. The number of nitrogens with one attached hydrogen (secondary N) is 1. The SMILES string of the molecule is C[C@@H](CNC(=O)c1cc(S(=O)(=O)N2CCCC2)ccc1Cl)c1ccccc1. The number of amides is 1. The molecule has 144 valence electrons. The van der Waals surface area contributed by atoms with E-state index < -0.39 is 10.0 Å². The third kappa shape index (κ3) is 4.51. The Morgan fingerprint density at radius 2 is 1.81 bits per heavy atom. The van der Waals surface area contributed by atoms with Gasteiger partial charge < -0.3 is 5.32 Å². The van der Waals surface area contributed by atoms with Crippen molar-refractivity contribution in [1.82, 2.24) is 9.62 Å². The topological polar surface area (TPSA) is 66.5 Å². The molecule has 0 bridgehead atoms. The van der Waals surface area contributed by atoms with Crippen LogP contribution in [0.15, 0.2) is 53.4 Å². The number of carbonyl (C=O) groups is 1. The van der Waals surface area contributed by atoms with Crippen molar-refractivity contribution in [3.63, 3.8) is 0 Å². The first-order valence-corrected chi connectivity index (χ1v) is 10.8. The Kier molecular flexibility index (Phi) is 6.19. The highest BCUT2D eigenvalue weighted by Crippen LogP contribution is 2.25. The first kappa shape index (κ1) is 19.9. The molecule has 3 rings (SSSR count). The minimum absolute atomic E-state index is 0.107. The molecular weight excluding hydrogens is 384 g/mol. The second-order valence-corrected chi connectivity index (χ2v) is 9.12. The zero-order valence-corrected chi connectivity index (χ0v) is 16.8. The van der Waals surface area contributed by atoms with Crippen LogP contribution in [0.2, 0.25) is 5.02 Å². The van der Waals surface area contributed by atoms with Gasteiger partial charge in [0.25, 0.3) is 5.91 Å². The first-order chi connectivity index (χ1) is 12.9. The Morgan fingerprint density at radius 3 is 2.48 bits per heavy atom. The maximum Gasteiger partial charge on any atom is 0.252 e. The molecular formula is C20H23ClN2O3S. The summed E-state index contributed by atoms with van der Waals surface area (Å²) in [5.74, 6) is -0.244. The predicted octanol–water partition coefficient (Wildman–Crippen LogP) is 3.66. The lowest BCUT2D eigenvalue weighted by atomic mass is 10.0. The molecule has 27 heavy (non-hydrogen) atoms. The van der Waals surface area contributed by atoms with E-state index in [2.05, 4.69) is 5.32 Å². The van der Waals surface area contributed by atoms with Crippen molar-refractivity contribution in [2.45, 2.75) is 30.6 Å². The molecule has 5 nitrogen and oxygen atoms in total. The molecule has 0 radical (unpaired) electrons. The minimum Gasteiger partial charge on any atom is -0.351 e. The molecule has 7 heteroatoms. The maximum absolute atomic E-state index is 12.7. The molecule has 0 spiro atoms. The number of hydrogen-bond donors (Lipinski definition) is 1. The van der Waals surface area contributed by atoms with Crippen LogP contribution >= 0.6 is 11.6 Å². The molecule has 2 aromatic carbocycles. The fourth-order valence-corrected chi connectivity index (χ4v) is 4.90. The van der Waals surface area contributed by atoms with Gasteiger partial charge in [-0.15, -0.1) is 0 Å². The van der Waals surface area contributed by atoms with Crippen LogP contribution in [-0.4, -0.2) is 38.3 Å². The van der Waals surface area contributed by atoms with E-state index in [1.54, 1.807) is 0 Å². The van der Waals surface area contributed by atoms with Crippen molar-refractivity contribution in [2.75, 3.05) is 19.6 Å². The molecule has 0 unspecified atom stereocenters. The molecule has 1 heterocycles. The van der Waals surface area contributed by atoms with E-state index in [1.165, 1.54) is 22.5 Å². The van der Waals surface area contributed by atoms with Gasteiger partial charge in [0.1, 0.15) is 0 Å². The fraction of sp³-hybridized carbons (Fsp3) is 0.350. The van der Waals surface area contributed by atoms with Crippen molar-refractivity contribution in [2.24, 2.45) is 0 Å². The predicted molar refractivity (Wildman–Crippen MR) is 107 cm³/mol. The molecule has 1 aliphatic rings. The number of nitrogens with zero attached hydrogens (tertiary/aromatic N) is 1. The van der Waals surface area contributed by atoms with Crippen LogP contribution in [-0.2, 0) is 10.0 Å². The number of hydrogen-bond acceptors (Lipinski definition) is 3. The summed E-state index contributed by atoms with van der Waals surface area (Å²) in [5, 5.41) is 3.09. The second-order valence-electron chi connectivity index (χ2n) is 6.77. The Balaban J connectivity index is 1.75. The van der Waals surface area contributed by atoms with E-state index in [-0.39, 0.29) is 27.3 Å². The Morgan fingerprint density at radius 1 is 1.15 bits per heavy atom. The van der Waals surface area contributed by atoms with Crippen LogP contribution in [0.4, 0.5) is 0 Å². The molecule has 0 aromatic heterocycles. The van der Waals surface area contributed by atoms with Crippen molar-refractivity contribution in [1.29, 1.82) is 0 Å². The van der Waals surface area contributed by atoms with Gasteiger partial charge in [-0.05, 0) is 42.5 Å². The molecule has 1 N–H and O–H groups in total. The Labute approximate surface area is 165 Å². The second kappa shape index (κ2) is 8.42. The van der Waals surface area contributed by atoms with Gasteiger partial charge in [0, 0.05) is 19.6 Å². The summed E-state index contributed by atoms with van der Waals surface area (Å²) in [7, 11) is -3.59. The molecule has 1 aliphatic heterocycles. The van der Waals surface area contributed by atoms with Gasteiger partial charge in [-0.2, -0.15) is 4.31 Å². The zero-order chi connectivity index (χ0) is 19.4. The third-order valence-corrected chi connectivity index (χ3v) is 7.05. The van der Waals surface area contributed by atoms with Gasteiger partial charge in [0.05, 0.1) is 15.5 Å². The van der Waals surface area contributed by atoms with Crippen molar-refractivity contribution < 1.29 is 13.2 Å². The highest BCUT2D eigenvalue weighted by Gasteiger charge is 2.28. The monoisotopic (exact) mass is 406 g/mol. The average molecular weight is 407 g/mol. The van der Waals surface area contributed by atoms with Crippen LogP contribution in [0.5, 0.6) is 0 Å². The summed E-state index contributed by atoms with van der Waals surface area (Å²) in [5.41, 5.74) is 1.30. The van der Waals surface area contributed by atoms with Gasteiger partial charge >= 0.3 is 0 Å².